The number of hydrogen-bond donors (Lipinski definition) is 1. The van der Waals surface area contributed by atoms with Crippen molar-refractivity contribution in [2.45, 2.75) is 19.6 Å². The SMILES string of the molecule is OCCN(Cc1ccccc1)Cc1cccn1CCN1CCOCC1. The van der Waals surface area contributed by atoms with Gasteiger partial charge in [-0.05, 0) is 17.7 Å². The fraction of sp³-hybridized carbons (Fsp3) is 0.500. The lowest BCUT2D eigenvalue weighted by Crippen LogP contribution is -2.38. The third-order valence-corrected chi connectivity index (χ3v) is 4.74. The Balaban J connectivity index is 1.57. The van der Waals surface area contributed by atoms with Gasteiger partial charge in [-0.2, -0.15) is 0 Å². The van der Waals surface area contributed by atoms with Crippen LogP contribution in [0.2, 0.25) is 0 Å². The van der Waals surface area contributed by atoms with E-state index < -0.39 is 0 Å². The number of rotatable bonds is 9. The number of benzene rings is 1. The molecule has 1 aromatic heterocycles. The summed E-state index contributed by atoms with van der Waals surface area (Å²) in [5.41, 5.74) is 2.58. The van der Waals surface area contributed by atoms with Crippen molar-refractivity contribution >= 4 is 0 Å². The fourth-order valence-corrected chi connectivity index (χ4v) is 3.31. The van der Waals surface area contributed by atoms with E-state index in [9.17, 15) is 5.11 Å². The van der Waals surface area contributed by atoms with Crippen molar-refractivity contribution in [1.29, 1.82) is 0 Å². The van der Waals surface area contributed by atoms with Crippen LogP contribution in [0.3, 0.4) is 0 Å². The van der Waals surface area contributed by atoms with Crippen LogP contribution in [0, 0.1) is 0 Å². The molecule has 25 heavy (non-hydrogen) atoms. The number of hydrogen-bond acceptors (Lipinski definition) is 4. The minimum absolute atomic E-state index is 0.182. The van der Waals surface area contributed by atoms with Crippen LogP contribution < -0.4 is 0 Å². The number of ether oxygens (including phenoxy) is 1. The van der Waals surface area contributed by atoms with E-state index in [1.54, 1.807) is 0 Å². The van der Waals surface area contributed by atoms with Crippen LogP contribution in [0.15, 0.2) is 48.7 Å². The molecule has 2 heterocycles. The first-order chi connectivity index (χ1) is 12.3. The molecule has 0 bridgehead atoms. The van der Waals surface area contributed by atoms with Crippen LogP contribution in [0.4, 0.5) is 0 Å². The molecule has 0 spiro atoms. The van der Waals surface area contributed by atoms with Gasteiger partial charge in [0.25, 0.3) is 0 Å². The Morgan fingerprint density at radius 2 is 1.76 bits per heavy atom. The van der Waals surface area contributed by atoms with Gasteiger partial charge in [0.1, 0.15) is 0 Å². The standard InChI is InChI=1S/C20H29N3O2/c24-14-11-22(17-19-5-2-1-3-6-19)18-20-7-4-8-23(20)10-9-21-12-15-25-16-13-21/h1-8,24H,9-18H2. The molecule has 1 fully saturated rings. The van der Waals surface area contributed by atoms with Crippen molar-refractivity contribution in [3.63, 3.8) is 0 Å². The van der Waals surface area contributed by atoms with Crippen LogP contribution in [0.25, 0.3) is 0 Å². The van der Waals surface area contributed by atoms with Crippen molar-refractivity contribution in [1.82, 2.24) is 14.4 Å². The average Bonchev–Trinajstić information content (AvgIpc) is 3.09. The maximum atomic E-state index is 9.42. The van der Waals surface area contributed by atoms with E-state index in [2.05, 4.69) is 57.0 Å². The van der Waals surface area contributed by atoms with E-state index in [1.807, 2.05) is 6.07 Å². The minimum Gasteiger partial charge on any atom is -0.395 e. The third-order valence-electron chi connectivity index (χ3n) is 4.74. The Morgan fingerprint density at radius 1 is 0.960 bits per heavy atom. The summed E-state index contributed by atoms with van der Waals surface area (Å²) in [5, 5.41) is 9.42. The average molecular weight is 343 g/mol. The largest absolute Gasteiger partial charge is 0.395 e. The molecular formula is C20H29N3O2. The highest BCUT2D eigenvalue weighted by atomic mass is 16.5. The van der Waals surface area contributed by atoms with E-state index in [1.165, 1.54) is 11.3 Å². The van der Waals surface area contributed by atoms with Crippen LogP contribution in [0.1, 0.15) is 11.3 Å². The van der Waals surface area contributed by atoms with Crippen LogP contribution >= 0.6 is 0 Å². The Kier molecular flexibility index (Phi) is 7.06. The number of aliphatic hydroxyl groups is 1. The lowest BCUT2D eigenvalue weighted by Gasteiger charge is -2.27. The molecule has 0 unspecified atom stereocenters. The first-order valence-corrected chi connectivity index (χ1v) is 9.16. The Labute approximate surface area is 150 Å². The number of aliphatic hydroxyl groups excluding tert-OH is 1. The van der Waals surface area contributed by atoms with Gasteiger partial charge in [0.2, 0.25) is 0 Å². The van der Waals surface area contributed by atoms with E-state index in [4.69, 9.17) is 4.74 Å². The number of nitrogens with zero attached hydrogens (tertiary/aromatic N) is 3. The highest BCUT2D eigenvalue weighted by Crippen LogP contribution is 2.11. The molecule has 1 aliphatic rings. The molecule has 0 aliphatic carbocycles. The zero-order valence-corrected chi connectivity index (χ0v) is 14.9. The van der Waals surface area contributed by atoms with E-state index >= 15 is 0 Å². The Hall–Kier alpha value is -1.66. The molecule has 5 nitrogen and oxygen atoms in total. The maximum Gasteiger partial charge on any atom is 0.0594 e. The van der Waals surface area contributed by atoms with Gasteiger partial charge in [0, 0.05) is 57.7 Å². The van der Waals surface area contributed by atoms with E-state index in [-0.39, 0.29) is 6.61 Å². The first kappa shape index (κ1) is 18.1. The summed E-state index contributed by atoms with van der Waals surface area (Å²) in [6.45, 7) is 8.39. The highest BCUT2D eigenvalue weighted by molar-refractivity contribution is 5.15. The van der Waals surface area contributed by atoms with E-state index in [0.29, 0.717) is 6.54 Å². The molecule has 1 aliphatic heterocycles. The predicted molar refractivity (Wildman–Crippen MR) is 99.3 cm³/mol. The molecule has 2 aromatic rings. The lowest BCUT2D eigenvalue weighted by atomic mass is 10.2. The summed E-state index contributed by atoms with van der Waals surface area (Å²) in [6.07, 6.45) is 2.16. The summed E-state index contributed by atoms with van der Waals surface area (Å²) in [7, 11) is 0. The molecule has 1 saturated heterocycles. The normalized spacial score (nSPS) is 15.8. The van der Waals surface area contributed by atoms with Crippen molar-refractivity contribution in [2.24, 2.45) is 0 Å². The molecule has 5 heteroatoms. The highest BCUT2D eigenvalue weighted by Gasteiger charge is 2.12. The molecule has 1 N–H and O–H groups in total. The van der Waals surface area contributed by atoms with Gasteiger partial charge in [-0.25, -0.2) is 0 Å². The monoisotopic (exact) mass is 343 g/mol. The summed E-state index contributed by atoms with van der Waals surface area (Å²) in [6, 6.07) is 14.8. The molecular weight excluding hydrogens is 314 g/mol. The van der Waals surface area contributed by atoms with Gasteiger partial charge in [-0.1, -0.05) is 30.3 Å². The fourth-order valence-electron chi connectivity index (χ4n) is 3.31. The van der Waals surface area contributed by atoms with Crippen molar-refractivity contribution in [3.05, 3.63) is 59.9 Å². The van der Waals surface area contributed by atoms with Gasteiger partial charge in [-0.15, -0.1) is 0 Å². The summed E-state index contributed by atoms with van der Waals surface area (Å²) in [4.78, 5) is 4.76. The van der Waals surface area contributed by atoms with Crippen molar-refractivity contribution in [3.8, 4) is 0 Å². The first-order valence-electron chi connectivity index (χ1n) is 9.16. The second kappa shape index (κ2) is 9.73. The molecule has 0 saturated carbocycles. The third kappa shape index (κ3) is 5.68. The van der Waals surface area contributed by atoms with Gasteiger partial charge in [0.15, 0.2) is 0 Å². The smallest absolute Gasteiger partial charge is 0.0594 e. The second-order valence-corrected chi connectivity index (χ2v) is 6.57. The molecule has 1 aromatic carbocycles. The van der Waals surface area contributed by atoms with Crippen molar-refractivity contribution in [2.75, 3.05) is 46.0 Å². The minimum atomic E-state index is 0.182. The number of aromatic nitrogens is 1. The van der Waals surface area contributed by atoms with E-state index in [0.717, 1.165) is 52.5 Å². The molecule has 0 radical (unpaired) electrons. The predicted octanol–water partition coefficient (Wildman–Crippen LogP) is 1.81. The molecule has 0 atom stereocenters. The van der Waals surface area contributed by atoms with Gasteiger partial charge < -0.3 is 14.4 Å². The summed E-state index contributed by atoms with van der Waals surface area (Å²) < 4.78 is 7.76. The number of morpholine rings is 1. The maximum absolute atomic E-state index is 9.42. The molecule has 0 amide bonds. The Bertz CT molecular complexity index is 608. The van der Waals surface area contributed by atoms with Crippen LogP contribution in [0.5, 0.6) is 0 Å². The lowest BCUT2D eigenvalue weighted by molar-refractivity contribution is 0.0362. The topological polar surface area (TPSA) is 40.9 Å². The van der Waals surface area contributed by atoms with Crippen LogP contribution in [-0.4, -0.2) is 65.5 Å². The van der Waals surface area contributed by atoms with Crippen LogP contribution in [-0.2, 0) is 24.4 Å². The van der Waals surface area contributed by atoms with Gasteiger partial charge >= 0.3 is 0 Å². The second-order valence-electron chi connectivity index (χ2n) is 6.57. The van der Waals surface area contributed by atoms with Crippen molar-refractivity contribution < 1.29 is 9.84 Å². The zero-order valence-electron chi connectivity index (χ0n) is 14.9. The van der Waals surface area contributed by atoms with Gasteiger partial charge in [0.05, 0.1) is 19.8 Å². The van der Waals surface area contributed by atoms with Gasteiger partial charge in [-0.3, -0.25) is 9.80 Å². The molecule has 136 valence electrons. The zero-order chi connectivity index (χ0) is 17.3. The summed E-state index contributed by atoms with van der Waals surface area (Å²) in [5.74, 6) is 0. The summed E-state index contributed by atoms with van der Waals surface area (Å²) >= 11 is 0. The molecule has 3 rings (SSSR count). The Morgan fingerprint density at radius 3 is 2.52 bits per heavy atom. The quantitative estimate of drug-likeness (QED) is 0.754.